The van der Waals surface area contributed by atoms with Gasteiger partial charge in [-0.15, -0.1) is 0 Å². The van der Waals surface area contributed by atoms with Crippen molar-refractivity contribution in [1.82, 2.24) is 0 Å². The Labute approximate surface area is 100 Å². The van der Waals surface area contributed by atoms with Crippen molar-refractivity contribution >= 4 is 11.5 Å². The maximum atomic E-state index is 10.6. The number of aliphatic carboxylic acids is 1. The first-order chi connectivity index (χ1) is 8.11. The van der Waals surface area contributed by atoms with Crippen molar-refractivity contribution < 1.29 is 14.6 Å². The van der Waals surface area contributed by atoms with Gasteiger partial charge in [0.1, 0.15) is 5.75 Å². The normalized spacial score (nSPS) is 14.2. The van der Waals surface area contributed by atoms with Crippen molar-refractivity contribution in [2.24, 2.45) is 0 Å². The van der Waals surface area contributed by atoms with Crippen LogP contribution >= 0.6 is 0 Å². The van der Waals surface area contributed by atoms with Crippen LogP contribution in [-0.4, -0.2) is 18.2 Å². The van der Waals surface area contributed by atoms with E-state index in [-0.39, 0.29) is 0 Å². The summed E-state index contributed by atoms with van der Waals surface area (Å²) in [6.45, 7) is 2.02. The van der Waals surface area contributed by atoms with E-state index in [0.717, 1.165) is 23.3 Å². The number of hydrogen-bond acceptors (Lipinski definition) is 2. The Balaban J connectivity index is 2.42. The number of carboxylic acid groups (broad SMARTS) is 1. The Morgan fingerprint density at radius 2 is 2.24 bits per heavy atom. The molecular formula is C14H14O3. The highest BCUT2D eigenvalue weighted by Crippen LogP contribution is 2.35. The fraction of sp³-hybridized carbons (Fsp3) is 0.214. The molecule has 1 aliphatic rings. The number of carbonyl (C=O) groups is 1. The summed E-state index contributed by atoms with van der Waals surface area (Å²) in [6, 6.07) is 5.91. The zero-order chi connectivity index (χ0) is 12.4. The van der Waals surface area contributed by atoms with Gasteiger partial charge in [0.05, 0.1) is 7.11 Å². The van der Waals surface area contributed by atoms with E-state index in [1.54, 1.807) is 13.2 Å². The van der Waals surface area contributed by atoms with Gasteiger partial charge in [-0.05, 0) is 48.3 Å². The van der Waals surface area contributed by atoms with Crippen LogP contribution in [0, 0.1) is 0 Å². The molecule has 0 radical (unpaired) electrons. The van der Waals surface area contributed by atoms with Gasteiger partial charge in [0.2, 0.25) is 0 Å². The average Bonchev–Trinajstić information content (AvgIpc) is 2.61. The van der Waals surface area contributed by atoms with Crippen molar-refractivity contribution in [3.63, 3.8) is 0 Å². The highest BCUT2D eigenvalue weighted by molar-refractivity contribution is 5.89. The summed E-state index contributed by atoms with van der Waals surface area (Å²) in [5.74, 6) is -0.138. The van der Waals surface area contributed by atoms with Gasteiger partial charge in [-0.1, -0.05) is 11.6 Å². The Morgan fingerprint density at radius 3 is 2.88 bits per heavy atom. The van der Waals surface area contributed by atoms with Crippen LogP contribution in [0.3, 0.4) is 0 Å². The number of fused-ring (bicyclic) bond motifs is 1. The van der Waals surface area contributed by atoms with Crippen molar-refractivity contribution in [3.8, 4) is 5.75 Å². The molecule has 0 unspecified atom stereocenters. The monoisotopic (exact) mass is 230 g/mol. The van der Waals surface area contributed by atoms with Crippen LogP contribution in [-0.2, 0) is 11.2 Å². The van der Waals surface area contributed by atoms with E-state index in [9.17, 15) is 4.79 Å². The van der Waals surface area contributed by atoms with Crippen molar-refractivity contribution in [2.45, 2.75) is 13.3 Å². The summed E-state index contributed by atoms with van der Waals surface area (Å²) in [7, 11) is 1.63. The zero-order valence-corrected chi connectivity index (χ0v) is 9.86. The fourth-order valence-corrected chi connectivity index (χ4v) is 2.08. The maximum absolute atomic E-state index is 10.6. The lowest BCUT2D eigenvalue weighted by Crippen LogP contribution is -1.89. The molecule has 88 valence electrons. The van der Waals surface area contributed by atoms with Gasteiger partial charge in [-0.2, -0.15) is 0 Å². The first kappa shape index (κ1) is 11.5. The van der Waals surface area contributed by atoms with Crippen LogP contribution in [0.5, 0.6) is 5.75 Å². The maximum Gasteiger partial charge on any atom is 0.328 e. The van der Waals surface area contributed by atoms with Crippen LogP contribution in [0.1, 0.15) is 18.1 Å². The second-order valence-electron chi connectivity index (χ2n) is 4.07. The summed E-state index contributed by atoms with van der Waals surface area (Å²) in [6.07, 6.45) is 3.70. The molecule has 0 atom stereocenters. The minimum atomic E-state index is -0.929. The van der Waals surface area contributed by atoms with E-state index < -0.39 is 5.97 Å². The molecule has 0 spiro atoms. The molecule has 0 bridgehead atoms. The Hall–Kier alpha value is -2.03. The molecule has 0 saturated carbocycles. The molecule has 0 amide bonds. The summed E-state index contributed by atoms with van der Waals surface area (Å²) < 4.78 is 5.19. The average molecular weight is 230 g/mol. The number of rotatable bonds is 3. The van der Waals surface area contributed by atoms with E-state index in [1.807, 2.05) is 25.1 Å². The Bertz CT molecular complexity index is 524. The van der Waals surface area contributed by atoms with Gasteiger partial charge in [0.25, 0.3) is 0 Å². The van der Waals surface area contributed by atoms with Gasteiger partial charge in [0, 0.05) is 6.08 Å². The van der Waals surface area contributed by atoms with Gasteiger partial charge in [-0.3, -0.25) is 0 Å². The summed E-state index contributed by atoms with van der Waals surface area (Å²) in [4.78, 5) is 10.6. The summed E-state index contributed by atoms with van der Waals surface area (Å²) in [5, 5.41) is 8.67. The number of hydrogen-bond donors (Lipinski definition) is 1. The zero-order valence-electron chi connectivity index (χ0n) is 9.86. The molecule has 0 heterocycles. The first-order valence-corrected chi connectivity index (χ1v) is 5.40. The molecule has 1 N–H and O–H groups in total. The smallest absolute Gasteiger partial charge is 0.328 e. The van der Waals surface area contributed by atoms with E-state index in [4.69, 9.17) is 9.84 Å². The standard InChI is InChI=1S/C14H14O3/c1-9-7-10-3-4-11(17-2)8-13(10)12(9)5-6-14(15)16/h3-6,8H,7H2,1-2H3,(H,15,16). The van der Waals surface area contributed by atoms with Crippen molar-refractivity contribution in [1.29, 1.82) is 0 Å². The third-order valence-electron chi connectivity index (χ3n) is 2.92. The van der Waals surface area contributed by atoms with E-state index in [0.29, 0.717) is 0 Å². The first-order valence-electron chi connectivity index (χ1n) is 5.40. The minimum Gasteiger partial charge on any atom is -0.497 e. The van der Waals surface area contributed by atoms with E-state index >= 15 is 0 Å². The lowest BCUT2D eigenvalue weighted by Gasteiger charge is -2.05. The molecule has 0 aromatic heterocycles. The van der Waals surface area contributed by atoms with Crippen LogP contribution in [0.15, 0.2) is 35.9 Å². The fourth-order valence-electron chi connectivity index (χ4n) is 2.08. The van der Waals surface area contributed by atoms with Gasteiger partial charge in [-0.25, -0.2) is 4.79 Å². The predicted octanol–water partition coefficient (Wildman–Crippen LogP) is 2.67. The van der Waals surface area contributed by atoms with Crippen LogP contribution in [0.4, 0.5) is 0 Å². The largest absolute Gasteiger partial charge is 0.497 e. The Morgan fingerprint density at radius 1 is 1.47 bits per heavy atom. The minimum absolute atomic E-state index is 0.791. The molecule has 2 rings (SSSR count). The van der Waals surface area contributed by atoms with Crippen LogP contribution in [0.25, 0.3) is 5.57 Å². The van der Waals surface area contributed by atoms with Crippen LogP contribution < -0.4 is 4.74 Å². The number of ether oxygens (including phenoxy) is 1. The molecule has 0 fully saturated rings. The third-order valence-corrected chi connectivity index (χ3v) is 2.92. The molecule has 1 aliphatic carbocycles. The van der Waals surface area contributed by atoms with Gasteiger partial charge >= 0.3 is 5.97 Å². The molecular weight excluding hydrogens is 216 g/mol. The Kier molecular flexibility index (Phi) is 3.00. The lowest BCUT2D eigenvalue weighted by atomic mass is 10.0. The highest BCUT2D eigenvalue weighted by Gasteiger charge is 2.17. The molecule has 1 aromatic rings. The van der Waals surface area contributed by atoms with Crippen molar-refractivity contribution in [3.05, 3.63) is 47.1 Å². The second-order valence-corrected chi connectivity index (χ2v) is 4.07. The number of allylic oxidation sites excluding steroid dienone is 3. The lowest BCUT2D eigenvalue weighted by molar-refractivity contribution is -0.131. The molecule has 0 saturated heterocycles. The number of methoxy groups -OCH3 is 1. The second kappa shape index (κ2) is 4.45. The van der Waals surface area contributed by atoms with Gasteiger partial charge < -0.3 is 9.84 Å². The highest BCUT2D eigenvalue weighted by atomic mass is 16.5. The molecule has 3 heteroatoms. The van der Waals surface area contributed by atoms with Crippen molar-refractivity contribution in [2.75, 3.05) is 7.11 Å². The predicted molar refractivity (Wildman–Crippen MR) is 66.1 cm³/mol. The third kappa shape index (κ3) is 2.23. The molecule has 1 aromatic carbocycles. The quantitative estimate of drug-likeness (QED) is 0.812. The number of carboxylic acids is 1. The molecule has 0 aliphatic heterocycles. The van der Waals surface area contributed by atoms with E-state index in [1.165, 1.54) is 17.2 Å². The summed E-state index contributed by atoms with van der Waals surface area (Å²) >= 11 is 0. The van der Waals surface area contributed by atoms with Crippen LogP contribution in [0.2, 0.25) is 0 Å². The van der Waals surface area contributed by atoms with Gasteiger partial charge in [0.15, 0.2) is 0 Å². The molecule has 17 heavy (non-hydrogen) atoms. The topological polar surface area (TPSA) is 46.5 Å². The number of benzene rings is 1. The summed E-state index contributed by atoms with van der Waals surface area (Å²) in [5.41, 5.74) is 4.46. The molecule has 3 nitrogen and oxygen atoms in total. The van der Waals surface area contributed by atoms with E-state index in [2.05, 4.69) is 0 Å². The SMILES string of the molecule is COc1ccc2c(c1)C(C=CC(=O)O)=C(C)C2.